The van der Waals surface area contributed by atoms with Crippen molar-refractivity contribution in [1.29, 1.82) is 0 Å². The van der Waals surface area contributed by atoms with Gasteiger partial charge in [0.15, 0.2) is 0 Å². The van der Waals surface area contributed by atoms with E-state index in [1.54, 1.807) is 6.20 Å². The molecule has 0 atom stereocenters. The Morgan fingerprint density at radius 2 is 2.18 bits per heavy atom. The molecule has 1 saturated carbocycles. The van der Waals surface area contributed by atoms with E-state index in [4.69, 9.17) is 5.73 Å². The molecule has 0 bridgehead atoms. The quantitative estimate of drug-likeness (QED) is 0.807. The molecule has 1 aliphatic carbocycles. The first-order chi connectivity index (χ1) is 8.36. The van der Waals surface area contributed by atoms with Crippen molar-refractivity contribution < 1.29 is 5.11 Å². The number of rotatable bonds is 5. The summed E-state index contributed by atoms with van der Waals surface area (Å²) in [5.41, 5.74) is 6.82. The lowest BCUT2D eigenvalue weighted by molar-refractivity contribution is 0.296. The molecule has 17 heavy (non-hydrogen) atoms. The molecular weight excluding hydrogens is 214 g/mol. The minimum Gasteiger partial charge on any atom is -0.395 e. The van der Waals surface area contributed by atoms with Crippen LogP contribution in [0.4, 0.5) is 5.82 Å². The fraction of sp³-hybridized carbons (Fsp3) is 0.615. The average Bonchev–Trinajstić information content (AvgIpc) is 2.89. The smallest absolute Gasteiger partial charge is 0.133 e. The summed E-state index contributed by atoms with van der Waals surface area (Å²) in [6, 6.07) is 4.45. The molecule has 4 nitrogen and oxygen atoms in total. The van der Waals surface area contributed by atoms with Crippen LogP contribution in [0.2, 0.25) is 0 Å². The Kier molecular flexibility index (Phi) is 4.34. The third-order valence-corrected chi connectivity index (χ3v) is 3.47. The van der Waals surface area contributed by atoms with Crippen molar-refractivity contribution in [1.82, 2.24) is 4.98 Å². The summed E-state index contributed by atoms with van der Waals surface area (Å²) >= 11 is 0. The molecular formula is C13H21N3O. The van der Waals surface area contributed by atoms with Crippen LogP contribution >= 0.6 is 0 Å². The number of hydrogen-bond donors (Lipinski definition) is 2. The molecule has 1 fully saturated rings. The second kappa shape index (κ2) is 5.98. The van der Waals surface area contributed by atoms with Crippen LogP contribution in [-0.4, -0.2) is 29.3 Å². The molecule has 4 heteroatoms. The van der Waals surface area contributed by atoms with Crippen molar-refractivity contribution in [3.63, 3.8) is 0 Å². The van der Waals surface area contributed by atoms with Gasteiger partial charge >= 0.3 is 0 Å². The molecule has 1 aromatic heterocycles. The third-order valence-electron chi connectivity index (χ3n) is 3.47. The summed E-state index contributed by atoms with van der Waals surface area (Å²) < 4.78 is 0. The van der Waals surface area contributed by atoms with E-state index < -0.39 is 0 Å². The van der Waals surface area contributed by atoms with Crippen LogP contribution in [0.3, 0.4) is 0 Å². The van der Waals surface area contributed by atoms with E-state index in [-0.39, 0.29) is 6.61 Å². The molecule has 0 radical (unpaired) electrons. The molecule has 1 heterocycles. The standard InChI is InChI=1S/C13H21N3O/c14-10-11-4-3-7-15-13(11)16(8-9-17)12-5-1-2-6-12/h3-4,7,12,17H,1-2,5-6,8-10,14H2. The van der Waals surface area contributed by atoms with Gasteiger partial charge in [-0.2, -0.15) is 0 Å². The molecule has 0 aromatic carbocycles. The average molecular weight is 235 g/mol. The van der Waals surface area contributed by atoms with Crippen LogP contribution in [0.5, 0.6) is 0 Å². The van der Waals surface area contributed by atoms with E-state index in [9.17, 15) is 5.11 Å². The van der Waals surface area contributed by atoms with E-state index in [1.165, 1.54) is 25.7 Å². The fourth-order valence-corrected chi connectivity index (χ4v) is 2.63. The Hall–Kier alpha value is -1.13. The van der Waals surface area contributed by atoms with Gasteiger partial charge in [-0.1, -0.05) is 18.9 Å². The Morgan fingerprint density at radius 1 is 1.41 bits per heavy atom. The Labute approximate surface area is 102 Å². The maximum atomic E-state index is 9.22. The van der Waals surface area contributed by atoms with Crippen LogP contribution in [-0.2, 0) is 6.54 Å². The predicted octanol–water partition coefficient (Wildman–Crippen LogP) is 1.28. The molecule has 0 unspecified atom stereocenters. The zero-order valence-corrected chi connectivity index (χ0v) is 10.2. The number of aromatic nitrogens is 1. The first kappa shape index (κ1) is 12.3. The van der Waals surface area contributed by atoms with E-state index in [2.05, 4.69) is 9.88 Å². The SMILES string of the molecule is NCc1cccnc1N(CCO)C1CCCC1. The van der Waals surface area contributed by atoms with Gasteiger partial charge in [0.05, 0.1) is 6.61 Å². The molecule has 0 spiro atoms. The number of nitrogens with two attached hydrogens (primary N) is 1. The lowest BCUT2D eigenvalue weighted by Crippen LogP contribution is -2.37. The minimum absolute atomic E-state index is 0.164. The predicted molar refractivity (Wildman–Crippen MR) is 68.8 cm³/mol. The van der Waals surface area contributed by atoms with Gasteiger partial charge in [0, 0.05) is 30.9 Å². The normalized spacial score (nSPS) is 16.4. The topological polar surface area (TPSA) is 62.4 Å². The summed E-state index contributed by atoms with van der Waals surface area (Å²) in [6.07, 6.45) is 6.74. The fourth-order valence-electron chi connectivity index (χ4n) is 2.63. The number of pyridine rings is 1. The van der Waals surface area contributed by atoms with Gasteiger partial charge in [-0.25, -0.2) is 4.98 Å². The number of aliphatic hydroxyl groups is 1. The molecule has 0 saturated heterocycles. The highest BCUT2D eigenvalue weighted by Crippen LogP contribution is 2.28. The molecule has 2 rings (SSSR count). The number of anilines is 1. The van der Waals surface area contributed by atoms with Crippen LogP contribution in [0.25, 0.3) is 0 Å². The summed E-state index contributed by atoms with van der Waals surface area (Å²) in [5.74, 6) is 0.955. The molecule has 1 aromatic rings. The number of hydrogen-bond acceptors (Lipinski definition) is 4. The van der Waals surface area contributed by atoms with Crippen molar-refractivity contribution in [3.05, 3.63) is 23.9 Å². The van der Waals surface area contributed by atoms with Crippen molar-refractivity contribution in [3.8, 4) is 0 Å². The largest absolute Gasteiger partial charge is 0.395 e. The lowest BCUT2D eigenvalue weighted by atomic mass is 10.1. The molecule has 1 aliphatic rings. The monoisotopic (exact) mass is 235 g/mol. The van der Waals surface area contributed by atoms with Crippen molar-refractivity contribution in [2.24, 2.45) is 5.73 Å². The first-order valence-corrected chi connectivity index (χ1v) is 6.38. The van der Waals surface area contributed by atoms with E-state index in [0.29, 0.717) is 19.1 Å². The third kappa shape index (κ3) is 2.76. The Morgan fingerprint density at radius 3 is 2.82 bits per heavy atom. The second-order valence-electron chi connectivity index (χ2n) is 4.55. The number of nitrogens with zero attached hydrogens (tertiary/aromatic N) is 2. The second-order valence-corrected chi connectivity index (χ2v) is 4.55. The maximum absolute atomic E-state index is 9.22. The van der Waals surface area contributed by atoms with Gasteiger partial charge in [0.2, 0.25) is 0 Å². The van der Waals surface area contributed by atoms with Gasteiger partial charge in [0.25, 0.3) is 0 Å². The Bertz CT molecular complexity index is 350. The van der Waals surface area contributed by atoms with E-state index in [1.807, 2.05) is 12.1 Å². The summed E-state index contributed by atoms with van der Waals surface area (Å²) in [5, 5.41) is 9.22. The van der Waals surface area contributed by atoms with Gasteiger partial charge in [-0.3, -0.25) is 0 Å². The van der Waals surface area contributed by atoms with Crippen LogP contribution in [0, 0.1) is 0 Å². The van der Waals surface area contributed by atoms with Crippen molar-refractivity contribution >= 4 is 5.82 Å². The van der Waals surface area contributed by atoms with Gasteiger partial charge in [-0.05, 0) is 18.9 Å². The summed E-state index contributed by atoms with van der Waals surface area (Å²) in [7, 11) is 0. The van der Waals surface area contributed by atoms with Crippen LogP contribution in [0.15, 0.2) is 18.3 Å². The zero-order valence-electron chi connectivity index (χ0n) is 10.2. The lowest BCUT2D eigenvalue weighted by Gasteiger charge is -2.30. The maximum Gasteiger partial charge on any atom is 0.133 e. The number of aliphatic hydroxyl groups excluding tert-OH is 1. The van der Waals surface area contributed by atoms with E-state index >= 15 is 0 Å². The highest BCUT2D eigenvalue weighted by atomic mass is 16.3. The molecule has 0 amide bonds. The van der Waals surface area contributed by atoms with Crippen LogP contribution < -0.4 is 10.6 Å². The Balaban J connectivity index is 2.24. The highest BCUT2D eigenvalue weighted by molar-refractivity contribution is 5.47. The molecule has 3 N–H and O–H groups in total. The molecule has 0 aliphatic heterocycles. The van der Waals surface area contributed by atoms with Crippen LogP contribution in [0.1, 0.15) is 31.2 Å². The minimum atomic E-state index is 0.164. The summed E-state index contributed by atoms with van der Waals surface area (Å²) in [6.45, 7) is 1.31. The van der Waals surface area contributed by atoms with Gasteiger partial charge < -0.3 is 15.7 Å². The van der Waals surface area contributed by atoms with Crippen molar-refractivity contribution in [2.45, 2.75) is 38.3 Å². The van der Waals surface area contributed by atoms with E-state index in [0.717, 1.165) is 11.4 Å². The van der Waals surface area contributed by atoms with Gasteiger partial charge in [0.1, 0.15) is 5.82 Å². The highest BCUT2D eigenvalue weighted by Gasteiger charge is 2.24. The molecule has 94 valence electrons. The first-order valence-electron chi connectivity index (χ1n) is 6.38. The zero-order chi connectivity index (χ0) is 12.1. The summed E-state index contributed by atoms with van der Waals surface area (Å²) in [4.78, 5) is 6.68. The van der Waals surface area contributed by atoms with Crippen molar-refractivity contribution in [2.75, 3.05) is 18.1 Å². The van der Waals surface area contributed by atoms with Gasteiger partial charge in [-0.15, -0.1) is 0 Å².